The van der Waals surface area contributed by atoms with Crippen molar-refractivity contribution in [1.29, 1.82) is 0 Å². The zero-order chi connectivity index (χ0) is 12.4. The molecule has 2 atom stereocenters. The van der Waals surface area contributed by atoms with Crippen molar-refractivity contribution in [2.75, 3.05) is 18.6 Å². The van der Waals surface area contributed by atoms with Crippen LogP contribution in [0.15, 0.2) is 0 Å². The molecule has 4 heteroatoms. The van der Waals surface area contributed by atoms with Crippen molar-refractivity contribution in [3.05, 3.63) is 0 Å². The first-order chi connectivity index (χ1) is 7.69. The van der Waals surface area contributed by atoms with Crippen LogP contribution in [0.1, 0.15) is 40.0 Å². The van der Waals surface area contributed by atoms with Gasteiger partial charge in [0.05, 0.1) is 6.61 Å². The number of ether oxygens (including phenoxy) is 1. The van der Waals surface area contributed by atoms with Gasteiger partial charge in [0, 0.05) is 11.8 Å². The van der Waals surface area contributed by atoms with Gasteiger partial charge in [-0.05, 0) is 26.0 Å². The molecule has 96 valence electrons. The summed E-state index contributed by atoms with van der Waals surface area (Å²) in [5.74, 6) is 0.930. The molecule has 0 rings (SSSR count). The lowest BCUT2D eigenvalue weighted by Gasteiger charge is -2.22. The Labute approximate surface area is 104 Å². The Kier molecular flexibility index (Phi) is 9.83. The lowest BCUT2D eigenvalue weighted by Crippen LogP contribution is -2.45. The molecule has 0 saturated carbocycles. The van der Waals surface area contributed by atoms with Crippen LogP contribution in [0.2, 0.25) is 0 Å². The van der Waals surface area contributed by atoms with Gasteiger partial charge in [0.25, 0.3) is 0 Å². The maximum absolute atomic E-state index is 11.7. The Balaban J connectivity index is 4.23. The molecule has 0 heterocycles. The molecular formula is C12H25NO2S. The third-order valence-corrected chi connectivity index (χ3v) is 3.18. The Morgan fingerprint density at radius 2 is 2.06 bits per heavy atom. The molecule has 0 saturated heterocycles. The largest absolute Gasteiger partial charge is 0.465 e. The molecule has 16 heavy (non-hydrogen) atoms. The van der Waals surface area contributed by atoms with Crippen LogP contribution >= 0.6 is 11.8 Å². The molecule has 0 spiro atoms. The molecule has 0 aliphatic heterocycles. The second-order valence-corrected chi connectivity index (χ2v) is 4.73. The lowest BCUT2D eigenvalue weighted by atomic mass is 10.1. The maximum Gasteiger partial charge on any atom is 0.323 e. The Hall–Kier alpha value is -0.220. The minimum atomic E-state index is -0.137. The fraction of sp³-hybridized carbons (Fsp3) is 0.917. The van der Waals surface area contributed by atoms with Crippen molar-refractivity contribution in [2.24, 2.45) is 0 Å². The minimum absolute atomic E-state index is 0.107. The predicted octanol–water partition coefficient (Wildman–Crippen LogP) is 2.45. The number of hydrogen-bond donors (Lipinski definition) is 1. The first kappa shape index (κ1) is 15.8. The van der Waals surface area contributed by atoms with E-state index in [2.05, 4.69) is 25.4 Å². The molecule has 2 unspecified atom stereocenters. The van der Waals surface area contributed by atoms with E-state index in [0.29, 0.717) is 12.6 Å². The highest BCUT2D eigenvalue weighted by atomic mass is 32.2. The molecular weight excluding hydrogens is 222 g/mol. The van der Waals surface area contributed by atoms with E-state index >= 15 is 0 Å². The second-order valence-electron chi connectivity index (χ2n) is 3.82. The highest BCUT2D eigenvalue weighted by Gasteiger charge is 2.21. The van der Waals surface area contributed by atoms with Crippen molar-refractivity contribution in [3.63, 3.8) is 0 Å². The number of esters is 1. The van der Waals surface area contributed by atoms with Gasteiger partial charge < -0.3 is 10.1 Å². The monoisotopic (exact) mass is 247 g/mol. The number of hydrogen-bond acceptors (Lipinski definition) is 4. The summed E-state index contributed by atoms with van der Waals surface area (Å²) in [4.78, 5) is 11.7. The van der Waals surface area contributed by atoms with Crippen LogP contribution in [0.4, 0.5) is 0 Å². The summed E-state index contributed by atoms with van der Waals surface area (Å²) in [5.41, 5.74) is 0. The summed E-state index contributed by atoms with van der Waals surface area (Å²) in [6.45, 7) is 6.53. The van der Waals surface area contributed by atoms with Gasteiger partial charge in [-0.25, -0.2) is 0 Å². The SMILES string of the molecule is CCCC(NC(CC)CSC)C(=O)OCC. The van der Waals surface area contributed by atoms with Crippen molar-refractivity contribution >= 4 is 17.7 Å². The summed E-state index contributed by atoms with van der Waals surface area (Å²) >= 11 is 1.80. The van der Waals surface area contributed by atoms with Gasteiger partial charge in [0.1, 0.15) is 6.04 Å². The van der Waals surface area contributed by atoms with Crippen LogP contribution in [-0.2, 0) is 9.53 Å². The first-order valence-electron chi connectivity index (χ1n) is 6.11. The van der Waals surface area contributed by atoms with E-state index in [1.54, 1.807) is 11.8 Å². The average molecular weight is 247 g/mol. The zero-order valence-corrected chi connectivity index (χ0v) is 11.7. The van der Waals surface area contributed by atoms with Gasteiger partial charge in [-0.1, -0.05) is 20.3 Å². The summed E-state index contributed by atoms with van der Waals surface area (Å²) in [6, 6.07) is 0.262. The minimum Gasteiger partial charge on any atom is -0.465 e. The van der Waals surface area contributed by atoms with Crippen LogP contribution in [0.5, 0.6) is 0 Å². The van der Waals surface area contributed by atoms with Crippen LogP contribution in [0.25, 0.3) is 0 Å². The third-order valence-electron chi connectivity index (χ3n) is 2.45. The van der Waals surface area contributed by atoms with Crippen molar-refractivity contribution in [3.8, 4) is 0 Å². The second kappa shape index (κ2) is 9.97. The number of carbonyl (C=O) groups is 1. The molecule has 0 aromatic rings. The number of carbonyl (C=O) groups excluding carboxylic acids is 1. The molecule has 0 amide bonds. The van der Waals surface area contributed by atoms with Gasteiger partial charge >= 0.3 is 5.97 Å². The van der Waals surface area contributed by atoms with Gasteiger partial charge in [0.2, 0.25) is 0 Å². The maximum atomic E-state index is 11.7. The molecule has 0 fully saturated rings. The van der Waals surface area contributed by atoms with Gasteiger partial charge in [-0.3, -0.25) is 4.79 Å². The zero-order valence-electron chi connectivity index (χ0n) is 10.9. The normalized spacial score (nSPS) is 14.5. The molecule has 0 radical (unpaired) electrons. The fourth-order valence-electron chi connectivity index (χ4n) is 1.57. The van der Waals surface area contributed by atoms with Gasteiger partial charge in [0.15, 0.2) is 0 Å². The molecule has 1 N–H and O–H groups in total. The van der Waals surface area contributed by atoms with Crippen LogP contribution < -0.4 is 5.32 Å². The smallest absolute Gasteiger partial charge is 0.323 e. The quantitative estimate of drug-likeness (QED) is 0.635. The van der Waals surface area contributed by atoms with Crippen LogP contribution in [0, 0.1) is 0 Å². The van der Waals surface area contributed by atoms with Crippen LogP contribution in [0.3, 0.4) is 0 Å². The van der Waals surface area contributed by atoms with E-state index in [9.17, 15) is 4.79 Å². The molecule has 0 bridgehead atoms. The standard InChI is InChI=1S/C12H25NO2S/c1-5-8-11(12(14)15-7-3)13-10(6-2)9-16-4/h10-11,13H,5-9H2,1-4H3. The lowest BCUT2D eigenvalue weighted by molar-refractivity contribution is -0.146. The van der Waals surface area contributed by atoms with Crippen molar-refractivity contribution < 1.29 is 9.53 Å². The first-order valence-corrected chi connectivity index (χ1v) is 7.50. The van der Waals surface area contributed by atoms with Gasteiger partial charge in [-0.15, -0.1) is 0 Å². The Morgan fingerprint density at radius 3 is 2.50 bits per heavy atom. The topological polar surface area (TPSA) is 38.3 Å². The average Bonchev–Trinajstić information content (AvgIpc) is 2.27. The molecule has 0 aromatic carbocycles. The van der Waals surface area contributed by atoms with Crippen molar-refractivity contribution in [2.45, 2.75) is 52.1 Å². The van der Waals surface area contributed by atoms with E-state index in [4.69, 9.17) is 4.74 Å². The van der Waals surface area contributed by atoms with E-state index in [-0.39, 0.29) is 12.0 Å². The van der Waals surface area contributed by atoms with Crippen LogP contribution in [-0.4, -0.2) is 36.7 Å². The van der Waals surface area contributed by atoms with Crippen molar-refractivity contribution in [1.82, 2.24) is 5.32 Å². The summed E-state index contributed by atoms with van der Waals surface area (Å²) in [5, 5.41) is 3.39. The number of nitrogens with one attached hydrogen (secondary N) is 1. The summed E-state index contributed by atoms with van der Waals surface area (Å²) in [6.07, 6.45) is 4.97. The number of thioether (sulfide) groups is 1. The van der Waals surface area contributed by atoms with E-state index in [1.165, 1.54) is 0 Å². The molecule has 3 nitrogen and oxygen atoms in total. The van der Waals surface area contributed by atoms with E-state index < -0.39 is 0 Å². The predicted molar refractivity (Wildman–Crippen MR) is 70.9 cm³/mol. The highest BCUT2D eigenvalue weighted by Crippen LogP contribution is 2.06. The van der Waals surface area contributed by atoms with E-state index in [1.807, 2.05) is 6.92 Å². The third kappa shape index (κ3) is 6.38. The molecule has 0 aliphatic carbocycles. The van der Waals surface area contributed by atoms with Gasteiger partial charge in [-0.2, -0.15) is 11.8 Å². The highest BCUT2D eigenvalue weighted by molar-refractivity contribution is 7.98. The molecule has 0 aliphatic rings. The molecule has 0 aromatic heterocycles. The Morgan fingerprint density at radius 1 is 1.38 bits per heavy atom. The van der Waals surface area contributed by atoms with E-state index in [0.717, 1.165) is 25.0 Å². The summed E-state index contributed by atoms with van der Waals surface area (Å²) in [7, 11) is 0. The Bertz CT molecular complexity index is 188. The fourth-order valence-corrected chi connectivity index (χ4v) is 2.30. The summed E-state index contributed by atoms with van der Waals surface area (Å²) < 4.78 is 5.07. The number of rotatable bonds is 9.